The summed E-state index contributed by atoms with van der Waals surface area (Å²) in [5, 5.41) is 0. The highest BCUT2D eigenvalue weighted by molar-refractivity contribution is 5.00. The normalized spacial score (nSPS) is 7.92. The predicted octanol–water partition coefficient (Wildman–Crippen LogP) is 3.57. The van der Waals surface area contributed by atoms with E-state index in [1.807, 2.05) is 40.8 Å². The van der Waals surface area contributed by atoms with Crippen LogP contribution in [0.15, 0.2) is 6.20 Å². The first-order valence-electron chi connectivity index (χ1n) is 5.24. The largest absolute Gasteiger partial charge is 0.333 e. The molecule has 0 radical (unpaired) electrons. The van der Waals surface area contributed by atoms with Crippen molar-refractivity contribution in [3.05, 3.63) is 17.7 Å². The molecule has 2 nitrogen and oxygen atoms in total. The maximum Gasteiger partial charge on any atom is 0.105 e. The first-order valence-corrected chi connectivity index (χ1v) is 5.24. The zero-order valence-corrected chi connectivity index (χ0v) is 10.2. The summed E-state index contributed by atoms with van der Waals surface area (Å²) in [5.74, 6) is 1.11. The van der Waals surface area contributed by atoms with E-state index in [1.54, 1.807) is 0 Å². The van der Waals surface area contributed by atoms with Crippen molar-refractivity contribution in [2.75, 3.05) is 0 Å². The van der Waals surface area contributed by atoms with Crippen molar-refractivity contribution < 1.29 is 0 Å². The smallest absolute Gasteiger partial charge is 0.105 e. The molecule has 0 unspecified atom stereocenters. The summed E-state index contributed by atoms with van der Waals surface area (Å²) in [4.78, 5) is 4.15. The summed E-state index contributed by atoms with van der Waals surface area (Å²) >= 11 is 0. The number of rotatable bonds is 1. The lowest BCUT2D eigenvalue weighted by atomic mass is 10.5. The van der Waals surface area contributed by atoms with E-state index in [1.165, 1.54) is 5.69 Å². The molecule has 0 aliphatic carbocycles. The molecule has 13 heavy (non-hydrogen) atoms. The number of hydrogen-bond acceptors (Lipinski definition) is 1. The van der Waals surface area contributed by atoms with Gasteiger partial charge in [0.05, 0.1) is 0 Å². The molecule has 2 heteroatoms. The van der Waals surface area contributed by atoms with Gasteiger partial charge in [0.2, 0.25) is 0 Å². The zero-order valence-electron chi connectivity index (χ0n) is 10.2. The molecule has 1 aromatic rings. The van der Waals surface area contributed by atoms with E-state index >= 15 is 0 Å². The molecular weight excluding hydrogens is 160 g/mol. The highest BCUT2D eigenvalue weighted by atomic mass is 15.1. The van der Waals surface area contributed by atoms with Gasteiger partial charge in [0.15, 0.2) is 0 Å². The molecule has 0 aromatic carbocycles. The molecule has 0 amide bonds. The molecule has 0 N–H and O–H groups in total. The van der Waals surface area contributed by atoms with Crippen molar-refractivity contribution in [1.82, 2.24) is 9.55 Å². The molecule has 0 saturated heterocycles. The van der Waals surface area contributed by atoms with E-state index in [-0.39, 0.29) is 0 Å². The zero-order chi connectivity index (χ0) is 10.9. The Balaban J connectivity index is 0. The third kappa shape index (κ3) is 4.71. The molecule has 0 aliphatic heterocycles. The van der Waals surface area contributed by atoms with Gasteiger partial charge in [-0.2, -0.15) is 0 Å². The Kier molecular flexibility index (Phi) is 10.5. The second-order valence-electron chi connectivity index (χ2n) is 2.19. The lowest BCUT2D eigenvalue weighted by Crippen LogP contribution is -1.98. The monoisotopic (exact) mass is 184 g/mol. The number of aryl methyl sites for hydroxylation is 2. The Hall–Kier alpha value is -0.790. The first kappa shape index (κ1) is 14.7. The third-order valence-electron chi connectivity index (χ3n) is 1.57. The summed E-state index contributed by atoms with van der Waals surface area (Å²) in [5.41, 5.74) is 1.25. The molecule has 1 heterocycles. The van der Waals surface area contributed by atoms with Gasteiger partial charge in [-0.25, -0.2) is 4.98 Å². The molecule has 0 aliphatic rings. The van der Waals surface area contributed by atoms with Gasteiger partial charge < -0.3 is 4.57 Å². The Labute approximate surface area is 83.0 Å². The van der Waals surface area contributed by atoms with Crippen LogP contribution in [-0.2, 0) is 6.54 Å². The Morgan fingerprint density at radius 2 is 1.62 bits per heavy atom. The number of aromatic nitrogens is 2. The summed E-state index contributed by atoms with van der Waals surface area (Å²) in [6.45, 7) is 15.2. The van der Waals surface area contributed by atoms with Crippen molar-refractivity contribution in [3.8, 4) is 0 Å². The highest BCUT2D eigenvalue weighted by Crippen LogP contribution is 2.00. The Bertz CT molecular complexity index is 182. The van der Waals surface area contributed by atoms with E-state index in [2.05, 4.69) is 23.4 Å². The van der Waals surface area contributed by atoms with Gasteiger partial charge in [0.25, 0.3) is 0 Å². The Morgan fingerprint density at radius 3 is 1.77 bits per heavy atom. The van der Waals surface area contributed by atoms with Crippen LogP contribution >= 0.6 is 0 Å². The minimum atomic E-state index is 1.03. The van der Waals surface area contributed by atoms with Crippen molar-refractivity contribution in [2.45, 2.75) is 55.0 Å². The van der Waals surface area contributed by atoms with Crippen LogP contribution < -0.4 is 0 Å². The quantitative estimate of drug-likeness (QED) is 0.652. The van der Waals surface area contributed by atoms with Crippen molar-refractivity contribution in [3.63, 3.8) is 0 Å². The van der Waals surface area contributed by atoms with Crippen LogP contribution in [0.4, 0.5) is 0 Å². The van der Waals surface area contributed by atoms with Gasteiger partial charge >= 0.3 is 0 Å². The van der Waals surface area contributed by atoms with E-state index in [0.29, 0.717) is 0 Å². The van der Waals surface area contributed by atoms with Crippen LogP contribution in [0, 0.1) is 13.8 Å². The molecule has 0 bridgehead atoms. The molecule has 1 rings (SSSR count). The van der Waals surface area contributed by atoms with Gasteiger partial charge in [0, 0.05) is 18.4 Å². The van der Waals surface area contributed by atoms with Crippen LogP contribution in [0.25, 0.3) is 0 Å². The van der Waals surface area contributed by atoms with Crippen LogP contribution in [0.1, 0.15) is 46.1 Å². The maximum atomic E-state index is 4.15. The molecule has 0 atom stereocenters. The molecule has 0 spiro atoms. The standard InChI is InChI=1S/C7H12N2.2C2H6/c1-4-9-6(2)5-8-7(9)3;2*1-2/h5H,4H2,1-3H3;2*1-2H3. The lowest BCUT2D eigenvalue weighted by Gasteiger charge is -2.00. The molecular formula is C11H24N2. The summed E-state index contributed by atoms with van der Waals surface area (Å²) in [7, 11) is 0. The van der Waals surface area contributed by atoms with E-state index in [9.17, 15) is 0 Å². The predicted molar refractivity (Wildman–Crippen MR) is 60.1 cm³/mol. The van der Waals surface area contributed by atoms with E-state index in [4.69, 9.17) is 0 Å². The minimum absolute atomic E-state index is 1.03. The highest BCUT2D eigenvalue weighted by Gasteiger charge is 1.96. The third-order valence-corrected chi connectivity index (χ3v) is 1.57. The number of nitrogens with zero attached hydrogens (tertiary/aromatic N) is 2. The fraction of sp³-hybridized carbons (Fsp3) is 0.727. The fourth-order valence-corrected chi connectivity index (χ4v) is 1.06. The molecule has 78 valence electrons. The number of hydrogen-bond donors (Lipinski definition) is 0. The van der Waals surface area contributed by atoms with Gasteiger partial charge in [-0.3, -0.25) is 0 Å². The average Bonchev–Trinajstić information content (AvgIpc) is 2.52. The van der Waals surface area contributed by atoms with Gasteiger partial charge in [-0.1, -0.05) is 27.7 Å². The summed E-state index contributed by atoms with van der Waals surface area (Å²) in [6.07, 6.45) is 1.90. The van der Waals surface area contributed by atoms with Crippen LogP contribution in [-0.4, -0.2) is 9.55 Å². The lowest BCUT2D eigenvalue weighted by molar-refractivity contribution is 0.709. The fourth-order valence-electron chi connectivity index (χ4n) is 1.06. The average molecular weight is 184 g/mol. The summed E-state index contributed by atoms with van der Waals surface area (Å²) < 4.78 is 2.18. The second kappa shape index (κ2) is 9.30. The molecule has 1 aromatic heterocycles. The van der Waals surface area contributed by atoms with Crippen LogP contribution in [0.5, 0.6) is 0 Å². The van der Waals surface area contributed by atoms with Crippen LogP contribution in [0.2, 0.25) is 0 Å². The second-order valence-corrected chi connectivity index (χ2v) is 2.19. The van der Waals surface area contributed by atoms with Gasteiger partial charge in [0.1, 0.15) is 5.82 Å². The minimum Gasteiger partial charge on any atom is -0.333 e. The number of imidazole rings is 1. The topological polar surface area (TPSA) is 17.8 Å². The SMILES string of the molecule is CC.CC.CCn1c(C)cnc1C. The maximum absolute atomic E-state index is 4.15. The van der Waals surface area contributed by atoms with Gasteiger partial charge in [-0.05, 0) is 20.8 Å². The summed E-state index contributed by atoms with van der Waals surface area (Å²) in [6, 6.07) is 0. The first-order chi connectivity index (χ1) is 6.25. The van der Waals surface area contributed by atoms with Crippen molar-refractivity contribution in [2.24, 2.45) is 0 Å². The molecule has 0 fully saturated rings. The van der Waals surface area contributed by atoms with E-state index in [0.717, 1.165) is 12.4 Å². The Morgan fingerprint density at radius 1 is 1.15 bits per heavy atom. The van der Waals surface area contributed by atoms with Crippen LogP contribution in [0.3, 0.4) is 0 Å². The van der Waals surface area contributed by atoms with Crippen molar-refractivity contribution in [1.29, 1.82) is 0 Å². The van der Waals surface area contributed by atoms with Gasteiger partial charge in [-0.15, -0.1) is 0 Å². The van der Waals surface area contributed by atoms with E-state index < -0.39 is 0 Å². The molecule has 0 saturated carbocycles. The van der Waals surface area contributed by atoms with Crippen molar-refractivity contribution >= 4 is 0 Å².